The van der Waals surface area contributed by atoms with Crippen molar-refractivity contribution in [2.24, 2.45) is 5.73 Å². The number of thioether (sulfide) groups is 1. The van der Waals surface area contributed by atoms with Gasteiger partial charge in [0.1, 0.15) is 18.0 Å². The first kappa shape index (κ1) is 19.3. The van der Waals surface area contributed by atoms with E-state index in [1.54, 1.807) is 0 Å². The summed E-state index contributed by atoms with van der Waals surface area (Å²) >= 11 is 1.50. The zero-order valence-corrected chi connectivity index (χ0v) is 17.1. The van der Waals surface area contributed by atoms with E-state index in [1.165, 1.54) is 23.7 Å². The Morgan fingerprint density at radius 1 is 1.21 bits per heavy atom. The molecule has 3 aromatic rings. The van der Waals surface area contributed by atoms with Crippen molar-refractivity contribution < 1.29 is 0 Å². The van der Waals surface area contributed by atoms with Crippen LogP contribution in [0, 0.1) is 12.3 Å². The van der Waals surface area contributed by atoms with Crippen LogP contribution in [0.5, 0.6) is 0 Å². The number of nitrogens with two attached hydrogens (primary N) is 1. The summed E-state index contributed by atoms with van der Waals surface area (Å²) in [6, 6.07) is 16.0. The molecule has 4 N–H and O–H groups in total. The number of terminal acetylenes is 1. The number of benzene rings is 2. The lowest BCUT2D eigenvalue weighted by Crippen LogP contribution is -2.38. The largest absolute Gasteiger partial charge is 0.339 e. The molecule has 0 amide bonds. The molecule has 2 heterocycles. The Labute approximate surface area is 174 Å². The maximum Gasteiger partial charge on any atom is 0.167 e. The minimum absolute atomic E-state index is 0.693. The molecule has 2 aromatic carbocycles. The number of nitrogens with one attached hydrogen (secondary N) is 2. The molecule has 0 aliphatic carbocycles. The second-order valence-electron chi connectivity index (χ2n) is 7.15. The van der Waals surface area contributed by atoms with Crippen LogP contribution in [-0.2, 0) is 11.5 Å². The van der Waals surface area contributed by atoms with Crippen LogP contribution in [0.1, 0.15) is 16.7 Å². The molecular weight excluding hydrogens is 380 g/mol. The van der Waals surface area contributed by atoms with E-state index < -0.39 is 4.99 Å². The van der Waals surface area contributed by atoms with Crippen molar-refractivity contribution in [2.75, 3.05) is 24.7 Å². The van der Waals surface area contributed by atoms with E-state index >= 15 is 0 Å². The van der Waals surface area contributed by atoms with Crippen LogP contribution in [0.25, 0.3) is 0 Å². The molecule has 6 nitrogen and oxygen atoms in total. The third-order valence-electron chi connectivity index (χ3n) is 4.54. The van der Waals surface area contributed by atoms with Crippen LogP contribution in [0.2, 0.25) is 0 Å². The van der Waals surface area contributed by atoms with Gasteiger partial charge in [0.05, 0.1) is 4.90 Å². The van der Waals surface area contributed by atoms with Gasteiger partial charge in [0.25, 0.3) is 0 Å². The molecule has 1 aliphatic heterocycles. The van der Waals surface area contributed by atoms with Gasteiger partial charge in [0.2, 0.25) is 0 Å². The molecule has 0 bridgehead atoms. The first-order chi connectivity index (χ1) is 14.0. The van der Waals surface area contributed by atoms with Crippen molar-refractivity contribution in [1.82, 2.24) is 14.9 Å². The van der Waals surface area contributed by atoms with Crippen LogP contribution in [0.15, 0.2) is 59.8 Å². The Bertz CT molecular complexity index is 1070. The number of aromatic nitrogens is 2. The highest BCUT2D eigenvalue weighted by Crippen LogP contribution is 2.49. The minimum atomic E-state index is -0.813. The zero-order valence-electron chi connectivity index (χ0n) is 16.3. The fourth-order valence-electron chi connectivity index (χ4n) is 3.19. The van der Waals surface area contributed by atoms with Crippen LogP contribution in [0.4, 0.5) is 17.3 Å². The molecule has 29 heavy (non-hydrogen) atoms. The number of hydrogen-bond donors (Lipinski definition) is 3. The molecule has 0 spiro atoms. The van der Waals surface area contributed by atoms with Gasteiger partial charge in [0.15, 0.2) is 4.99 Å². The van der Waals surface area contributed by atoms with E-state index in [9.17, 15) is 0 Å². The second kappa shape index (κ2) is 7.76. The normalized spacial score (nSPS) is 17.5. The van der Waals surface area contributed by atoms with Crippen molar-refractivity contribution in [3.05, 3.63) is 71.5 Å². The lowest BCUT2D eigenvalue weighted by molar-refractivity contribution is 0.402. The second-order valence-corrected chi connectivity index (χ2v) is 8.40. The summed E-state index contributed by atoms with van der Waals surface area (Å²) in [6.45, 7) is 0.884. The lowest BCUT2D eigenvalue weighted by atomic mass is 10.1. The number of fused-ring (bicyclic) bond motifs is 1. The van der Waals surface area contributed by atoms with Gasteiger partial charge in [-0.25, -0.2) is 9.97 Å². The summed E-state index contributed by atoms with van der Waals surface area (Å²) in [7, 11) is 4.10. The summed E-state index contributed by atoms with van der Waals surface area (Å²) in [5, 5.41) is 6.67. The van der Waals surface area contributed by atoms with E-state index in [0.29, 0.717) is 11.6 Å². The number of anilines is 3. The predicted octanol–water partition coefficient (Wildman–Crippen LogP) is 3.55. The van der Waals surface area contributed by atoms with Crippen molar-refractivity contribution >= 4 is 29.1 Å². The van der Waals surface area contributed by atoms with Gasteiger partial charge >= 0.3 is 0 Å². The van der Waals surface area contributed by atoms with Gasteiger partial charge in [0, 0.05) is 23.4 Å². The monoisotopic (exact) mass is 402 g/mol. The summed E-state index contributed by atoms with van der Waals surface area (Å²) < 4.78 is 0. The lowest BCUT2D eigenvalue weighted by Gasteiger charge is -2.24. The van der Waals surface area contributed by atoms with E-state index in [2.05, 4.69) is 69.8 Å². The average molecular weight is 403 g/mol. The fourth-order valence-corrected chi connectivity index (χ4v) is 4.31. The van der Waals surface area contributed by atoms with Gasteiger partial charge in [-0.2, -0.15) is 0 Å². The third kappa shape index (κ3) is 4.05. The fraction of sp³-hybridized carbons (Fsp3) is 0.182. The zero-order chi connectivity index (χ0) is 20.4. The summed E-state index contributed by atoms with van der Waals surface area (Å²) in [6.07, 6.45) is 7.02. The van der Waals surface area contributed by atoms with E-state index in [4.69, 9.17) is 12.2 Å². The molecule has 1 aliphatic rings. The van der Waals surface area contributed by atoms with Crippen molar-refractivity contribution in [2.45, 2.75) is 16.4 Å². The quantitative estimate of drug-likeness (QED) is 0.563. The van der Waals surface area contributed by atoms with Gasteiger partial charge in [-0.15, -0.1) is 6.42 Å². The number of nitrogens with zero attached hydrogens (tertiary/aromatic N) is 3. The highest BCUT2D eigenvalue weighted by Gasteiger charge is 2.38. The molecule has 146 valence electrons. The Hall–Kier alpha value is -3.05. The Morgan fingerprint density at radius 2 is 2.00 bits per heavy atom. The molecule has 1 aromatic heterocycles. The molecule has 0 radical (unpaired) electrons. The predicted molar refractivity (Wildman–Crippen MR) is 119 cm³/mol. The van der Waals surface area contributed by atoms with Crippen molar-refractivity contribution in [1.29, 1.82) is 0 Å². The Morgan fingerprint density at radius 3 is 2.72 bits per heavy atom. The molecule has 0 fully saturated rings. The first-order valence-corrected chi connectivity index (χ1v) is 9.97. The Kier molecular flexibility index (Phi) is 5.16. The average Bonchev–Trinajstić information content (AvgIpc) is 3.07. The molecule has 7 heteroatoms. The van der Waals surface area contributed by atoms with Gasteiger partial charge in [-0.3, -0.25) is 5.73 Å². The van der Waals surface area contributed by atoms with Crippen LogP contribution in [0.3, 0.4) is 0 Å². The van der Waals surface area contributed by atoms with E-state index in [1.807, 2.05) is 24.3 Å². The standard InChI is InChI=1S/C22H22N6S/c1-4-15-6-5-7-18(12-15)26-20-19-21(25-14-24-20)27-22(23,29-19)17-10-8-16(9-11-17)13-28(2)3/h1,5-12,14H,13,23H2,2-3H3,(H2,24,25,26,27). The number of rotatable bonds is 5. The van der Waals surface area contributed by atoms with Crippen LogP contribution in [-0.4, -0.2) is 29.0 Å². The molecule has 4 rings (SSSR count). The third-order valence-corrected chi connectivity index (χ3v) is 5.80. The number of hydrogen-bond acceptors (Lipinski definition) is 7. The maximum atomic E-state index is 6.71. The summed E-state index contributed by atoms with van der Waals surface area (Å²) in [4.78, 5) is 11.0. The Balaban J connectivity index is 1.59. The van der Waals surface area contributed by atoms with Gasteiger partial charge in [-0.1, -0.05) is 48.0 Å². The smallest absolute Gasteiger partial charge is 0.167 e. The van der Waals surface area contributed by atoms with E-state index in [0.717, 1.165) is 28.3 Å². The van der Waals surface area contributed by atoms with Crippen molar-refractivity contribution in [3.63, 3.8) is 0 Å². The van der Waals surface area contributed by atoms with Crippen LogP contribution >= 0.6 is 11.8 Å². The highest BCUT2D eigenvalue weighted by molar-refractivity contribution is 8.01. The summed E-state index contributed by atoms with van der Waals surface area (Å²) in [5.74, 6) is 4.04. The molecule has 0 saturated heterocycles. The van der Waals surface area contributed by atoms with E-state index in [-0.39, 0.29) is 0 Å². The van der Waals surface area contributed by atoms with Gasteiger partial charge < -0.3 is 15.5 Å². The molecule has 0 saturated carbocycles. The maximum absolute atomic E-state index is 6.71. The molecule has 1 unspecified atom stereocenters. The highest BCUT2D eigenvalue weighted by atomic mass is 32.2. The topological polar surface area (TPSA) is 79.1 Å². The minimum Gasteiger partial charge on any atom is -0.339 e. The van der Waals surface area contributed by atoms with Crippen molar-refractivity contribution in [3.8, 4) is 12.3 Å². The van der Waals surface area contributed by atoms with Crippen LogP contribution < -0.4 is 16.4 Å². The molecular formula is C22H22N6S. The van der Waals surface area contributed by atoms with Gasteiger partial charge in [-0.05, 0) is 37.9 Å². The summed E-state index contributed by atoms with van der Waals surface area (Å²) in [5.41, 5.74) is 10.6. The first-order valence-electron chi connectivity index (χ1n) is 9.16. The SMILES string of the molecule is C#Cc1cccc(Nc2ncnc3c2SC(N)(c2ccc(CN(C)C)cc2)N3)c1. The molecule has 1 atom stereocenters.